The van der Waals surface area contributed by atoms with Crippen LogP contribution in [0.4, 0.5) is 11.4 Å². The first-order valence-corrected chi connectivity index (χ1v) is 8.19. The molecule has 0 atom stereocenters. The molecule has 1 aliphatic heterocycles. The number of carbonyl (C=O) groups is 2. The van der Waals surface area contributed by atoms with Gasteiger partial charge in [0.1, 0.15) is 17.8 Å². The lowest BCUT2D eigenvalue weighted by Crippen LogP contribution is -2.35. The number of anilines is 2. The summed E-state index contributed by atoms with van der Waals surface area (Å²) in [4.78, 5) is 26.2. The zero-order chi connectivity index (χ0) is 17.8. The number of methoxy groups -OCH3 is 1. The molecule has 0 spiro atoms. The van der Waals surface area contributed by atoms with E-state index < -0.39 is 0 Å². The van der Waals surface area contributed by atoms with Crippen molar-refractivity contribution in [2.75, 3.05) is 23.9 Å². The van der Waals surface area contributed by atoms with Crippen LogP contribution in [0.3, 0.4) is 0 Å². The van der Waals surface area contributed by atoms with E-state index in [1.165, 1.54) is 6.26 Å². The Kier molecular flexibility index (Phi) is 6.65. The summed E-state index contributed by atoms with van der Waals surface area (Å²) in [6, 6.07) is 6.84. The molecule has 1 aromatic carbocycles. The van der Waals surface area contributed by atoms with Gasteiger partial charge in [-0.3, -0.25) is 9.59 Å². The quantitative estimate of drug-likeness (QED) is 0.832. The van der Waals surface area contributed by atoms with Crippen LogP contribution >= 0.6 is 12.4 Å². The summed E-state index contributed by atoms with van der Waals surface area (Å²) in [5.74, 6) is 0.904. The van der Waals surface area contributed by atoms with Crippen LogP contribution in [0.2, 0.25) is 0 Å². The number of hydrogen-bond donors (Lipinski definition) is 2. The van der Waals surface area contributed by atoms with Gasteiger partial charge in [-0.15, -0.1) is 12.4 Å². The number of carbonyl (C=O) groups excluding carboxylic acids is 2. The van der Waals surface area contributed by atoms with Crippen molar-refractivity contribution in [1.29, 1.82) is 0 Å². The molecule has 0 unspecified atom stereocenters. The molecule has 1 aliphatic rings. The van der Waals surface area contributed by atoms with Crippen molar-refractivity contribution in [1.82, 2.24) is 0 Å². The summed E-state index contributed by atoms with van der Waals surface area (Å²) in [6.45, 7) is 0.880. The van der Waals surface area contributed by atoms with Gasteiger partial charge in [-0.2, -0.15) is 0 Å². The lowest BCUT2D eigenvalue weighted by Gasteiger charge is -2.28. The maximum atomic E-state index is 12.3. The third-order valence-electron chi connectivity index (χ3n) is 4.17. The largest absolute Gasteiger partial charge is 0.495 e. The zero-order valence-corrected chi connectivity index (χ0v) is 15.3. The maximum Gasteiger partial charge on any atom is 0.258 e. The average Bonchev–Trinajstić information content (AvgIpc) is 3.11. The van der Waals surface area contributed by atoms with Gasteiger partial charge in [-0.05, 0) is 37.1 Å². The Morgan fingerprint density at radius 3 is 2.81 bits per heavy atom. The second-order valence-corrected chi connectivity index (χ2v) is 5.85. The van der Waals surface area contributed by atoms with Crippen molar-refractivity contribution in [3.05, 3.63) is 41.9 Å². The molecular formula is C18H22ClN3O4. The SMILES string of the molecule is COc1ccc(NC(=O)c2coc(CN)c2)cc1N1CCCCC1=O.Cl. The molecule has 2 heterocycles. The molecule has 8 heteroatoms. The molecule has 3 rings (SSSR count). The summed E-state index contributed by atoms with van der Waals surface area (Å²) in [5, 5.41) is 2.81. The lowest BCUT2D eigenvalue weighted by molar-refractivity contribution is -0.119. The highest BCUT2D eigenvalue weighted by atomic mass is 35.5. The van der Waals surface area contributed by atoms with E-state index in [2.05, 4.69) is 5.32 Å². The van der Waals surface area contributed by atoms with Crippen LogP contribution in [0.1, 0.15) is 35.4 Å². The minimum Gasteiger partial charge on any atom is -0.495 e. The maximum absolute atomic E-state index is 12.3. The fraction of sp³-hybridized carbons (Fsp3) is 0.333. The van der Waals surface area contributed by atoms with E-state index in [1.807, 2.05) is 0 Å². The first-order valence-electron chi connectivity index (χ1n) is 8.19. The summed E-state index contributed by atoms with van der Waals surface area (Å²) in [6.07, 6.45) is 3.74. The Morgan fingerprint density at radius 1 is 1.35 bits per heavy atom. The Bertz CT molecular complexity index is 790. The van der Waals surface area contributed by atoms with E-state index in [0.29, 0.717) is 41.4 Å². The highest BCUT2D eigenvalue weighted by Crippen LogP contribution is 2.33. The molecule has 26 heavy (non-hydrogen) atoms. The Morgan fingerprint density at radius 2 is 2.15 bits per heavy atom. The fourth-order valence-electron chi connectivity index (χ4n) is 2.85. The van der Waals surface area contributed by atoms with Crippen molar-refractivity contribution in [3.8, 4) is 5.75 Å². The number of halogens is 1. The molecule has 1 saturated heterocycles. The summed E-state index contributed by atoms with van der Waals surface area (Å²) in [7, 11) is 1.56. The summed E-state index contributed by atoms with van der Waals surface area (Å²) >= 11 is 0. The van der Waals surface area contributed by atoms with Crippen molar-refractivity contribution in [3.63, 3.8) is 0 Å². The molecule has 0 saturated carbocycles. The number of piperidine rings is 1. The van der Waals surface area contributed by atoms with E-state index in [1.54, 1.807) is 36.3 Å². The van der Waals surface area contributed by atoms with E-state index >= 15 is 0 Å². The number of furan rings is 1. The minimum absolute atomic E-state index is 0. The summed E-state index contributed by atoms with van der Waals surface area (Å²) < 4.78 is 10.6. The summed E-state index contributed by atoms with van der Waals surface area (Å²) in [5.41, 5.74) is 7.13. The third kappa shape index (κ3) is 4.17. The van der Waals surface area contributed by atoms with Crippen LogP contribution < -0.4 is 20.7 Å². The van der Waals surface area contributed by atoms with Crippen molar-refractivity contribution >= 4 is 35.6 Å². The highest BCUT2D eigenvalue weighted by Gasteiger charge is 2.23. The number of nitrogens with one attached hydrogen (secondary N) is 1. The van der Waals surface area contributed by atoms with Gasteiger partial charge in [0.15, 0.2) is 0 Å². The zero-order valence-electron chi connectivity index (χ0n) is 14.5. The monoisotopic (exact) mass is 379 g/mol. The van der Waals surface area contributed by atoms with Gasteiger partial charge in [-0.1, -0.05) is 0 Å². The molecule has 3 N–H and O–H groups in total. The Balaban J connectivity index is 0.00000243. The first-order chi connectivity index (χ1) is 12.1. The van der Waals surface area contributed by atoms with Gasteiger partial charge in [0.2, 0.25) is 5.91 Å². The van der Waals surface area contributed by atoms with Crippen molar-refractivity contribution < 1.29 is 18.7 Å². The second-order valence-electron chi connectivity index (χ2n) is 5.85. The number of ether oxygens (including phenoxy) is 1. The van der Waals surface area contributed by atoms with Gasteiger partial charge >= 0.3 is 0 Å². The number of hydrogen-bond acceptors (Lipinski definition) is 5. The normalized spacial score (nSPS) is 13.9. The molecule has 0 bridgehead atoms. The number of benzene rings is 1. The van der Waals surface area contributed by atoms with E-state index in [9.17, 15) is 9.59 Å². The third-order valence-corrected chi connectivity index (χ3v) is 4.17. The molecule has 7 nitrogen and oxygen atoms in total. The number of nitrogens with zero attached hydrogens (tertiary/aromatic N) is 1. The average molecular weight is 380 g/mol. The molecule has 2 aromatic rings. The van der Waals surface area contributed by atoms with Crippen LogP contribution in [0.25, 0.3) is 0 Å². The number of nitrogens with two attached hydrogens (primary N) is 1. The number of amides is 2. The van der Waals surface area contributed by atoms with E-state index in [-0.39, 0.29) is 30.8 Å². The number of rotatable bonds is 5. The smallest absolute Gasteiger partial charge is 0.258 e. The molecule has 0 aliphatic carbocycles. The molecule has 140 valence electrons. The van der Waals surface area contributed by atoms with E-state index in [4.69, 9.17) is 14.9 Å². The van der Waals surface area contributed by atoms with Crippen LogP contribution in [0.5, 0.6) is 5.75 Å². The predicted molar refractivity (Wildman–Crippen MR) is 101 cm³/mol. The highest BCUT2D eigenvalue weighted by molar-refractivity contribution is 6.05. The molecule has 1 aromatic heterocycles. The molecule has 2 amide bonds. The minimum atomic E-state index is -0.301. The Labute approximate surface area is 157 Å². The van der Waals surface area contributed by atoms with Crippen LogP contribution in [0.15, 0.2) is 34.9 Å². The molecular weight excluding hydrogens is 358 g/mol. The van der Waals surface area contributed by atoms with Crippen molar-refractivity contribution in [2.45, 2.75) is 25.8 Å². The Hall–Kier alpha value is -2.51. The van der Waals surface area contributed by atoms with Crippen molar-refractivity contribution in [2.24, 2.45) is 5.73 Å². The second kappa shape index (κ2) is 8.73. The molecule has 0 radical (unpaired) electrons. The van der Waals surface area contributed by atoms with Gasteiger partial charge in [0.05, 0.1) is 24.9 Å². The fourth-order valence-corrected chi connectivity index (χ4v) is 2.85. The van der Waals surface area contributed by atoms with Crippen LogP contribution in [-0.2, 0) is 11.3 Å². The standard InChI is InChI=1S/C18H21N3O4.ClH/c1-24-16-6-5-13(9-15(16)21-7-3-2-4-17(21)22)20-18(23)12-8-14(10-19)25-11-12;/h5-6,8-9,11H,2-4,7,10,19H2,1H3,(H,20,23);1H. The van der Waals surface area contributed by atoms with Gasteiger partial charge in [-0.25, -0.2) is 0 Å². The van der Waals surface area contributed by atoms with Gasteiger partial charge in [0, 0.05) is 18.7 Å². The van der Waals surface area contributed by atoms with Crippen LogP contribution in [0, 0.1) is 0 Å². The van der Waals surface area contributed by atoms with Crippen LogP contribution in [-0.4, -0.2) is 25.5 Å². The lowest BCUT2D eigenvalue weighted by atomic mass is 10.1. The van der Waals surface area contributed by atoms with Gasteiger partial charge in [0.25, 0.3) is 5.91 Å². The topological polar surface area (TPSA) is 97.8 Å². The van der Waals surface area contributed by atoms with E-state index in [0.717, 1.165) is 12.8 Å². The van der Waals surface area contributed by atoms with Gasteiger partial charge < -0.3 is 25.1 Å². The predicted octanol–water partition coefficient (Wildman–Crippen LogP) is 2.94. The molecule has 1 fully saturated rings. The first kappa shape index (κ1) is 19.8.